The van der Waals surface area contributed by atoms with Crippen LogP contribution in [0.25, 0.3) is 4.96 Å². The number of aromatic nitrogens is 2. The number of oxime groups is 1. The van der Waals surface area contributed by atoms with Gasteiger partial charge in [-0.25, -0.2) is 4.98 Å². The summed E-state index contributed by atoms with van der Waals surface area (Å²) in [4.78, 5) is 5.46. The van der Waals surface area contributed by atoms with Gasteiger partial charge in [0.05, 0.1) is 6.21 Å². The van der Waals surface area contributed by atoms with E-state index in [0.29, 0.717) is 0 Å². The Labute approximate surface area is 118 Å². The lowest BCUT2D eigenvalue weighted by atomic mass is 10.2. The van der Waals surface area contributed by atoms with E-state index in [1.807, 2.05) is 34.2 Å². The standard InChI is InChI=1S/C13H11N3OS2/c17-14-8-11-12(15-13-16(11)6-7-18-13)19-9-10-4-2-1-3-5-10/h1-8,17H,9H2/b14-8-. The molecule has 0 aliphatic heterocycles. The first-order valence-electron chi connectivity index (χ1n) is 5.68. The zero-order chi connectivity index (χ0) is 13.1. The normalized spacial score (nSPS) is 11.6. The van der Waals surface area contributed by atoms with E-state index >= 15 is 0 Å². The van der Waals surface area contributed by atoms with Crippen LogP contribution in [0.15, 0.2) is 52.1 Å². The highest BCUT2D eigenvalue weighted by atomic mass is 32.2. The summed E-state index contributed by atoms with van der Waals surface area (Å²) >= 11 is 3.21. The Bertz CT molecular complexity index is 703. The zero-order valence-electron chi connectivity index (χ0n) is 9.93. The maximum atomic E-state index is 8.77. The van der Waals surface area contributed by atoms with Gasteiger partial charge in [0, 0.05) is 17.3 Å². The fourth-order valence-electron chi connectivity index (χ4n) is 1.79. The Morgan fingerprint density at radius 2 is 2.21 bits per heavy atom. The first-order chi connectivity index (χ1) is 9.38. The molecule has 0 fully saturated rings. The molecule has 0 saturated carbocycles. The summed E-state index contributed by atoms with van der Waals surface area (Å²) in [5.41, 5.74) is 2.07. The SMILES string of the molecule is O/N=C\c1c(SCc2ccccc2)nc2sccn12. The summed E-state index contributed by atoms with van der Waals surface area (Å²) in [6, 6.07) is 10.2. The van der Waals surface area contributed by atoms with Crippen LogP contribution in [-0.4, -0.2) is 20.8 Å². The van der Waals surface area contributed by atoms with E-state index in [9.17, 15) is 0 Å². The molecule has 0 unspecified atom stereocenters. The smallest absolute Gasteiger partial charge is 0.195 e. The summed E-state index contributed by atoms with van der Waals surface area (Å²) in [5.74, 6) is 0.845. The summed E-state index contributed by atoms with van der Waals surface area (Å²) in [5, 5.41) is 14.7. The molecule has 3 aromatic rings. The molecule has 96 valence electrons. The predicted molar refractivity (Wildman–Crippen MR) is 78.5 cm³/mol. The predicted octanol–water partition coefficient (Wildman–Crippen LogP) is 3.50. The lowest BCUT2D eigenvalue weighted by Crippen LogP contribution is -1.90. The average molecular weight is 289 g/mol. The molecule has 0 radical (unpaired) electrons. The quantitative estimate of drug-likeness (QED) is 0.346. The van der Waals surface area contributed by atoms with Crippen molar-refractivity contribution < 1.29 is 5.21 Å². The molecule has 6 heteroatoms. The third kappa shape index (κ3) is 2.50. The molecule has 0 bridgehead atoms. The number of hydrogen-bond donors (Lipinski definition) is 1. The molecule has 4 nitrogen and oxygen atoms in total. The van der Waals surface area contributed by atoms with Gasteiger partial charge in [-0.05, 0) is 5.56 Å². The Hall–Kier alpha value is -1.79. The summed E-state index contributed by atoms with van der Waals surface area (Å²) in [6.45, 7) is 0. The van der Waals surface area contributed by atoms with E-state index in [1.165, 1.54) is 11.8 Å². The van der Waals surface area contributed by atoms with Crippen LogP contribution in [0.5, 0.6) is 0 Å². The van der Waals surface area contributed by atoms with Crippen LogP contribution < -0.4 is 0 Å². The van der Waals surface area contributed by atoms with Crippen LogP contribution in [0.2, 0.25) is 0 Å². The van der Waals surface area contributed by atoms with Gasteiger partial charge in [-0.1, -0.05) is 47.2 Å². The molecule has 3 rings (SSSR count). The number of thioether (sulfide) groups is 1. The minimum atomic E-state index is 0.819. The molecule has 0 amide bonds. The molecule has 0 atom stereocenters. The highest BCUT2D eigenvalue weighted by Gasteiger charge is 2.12. The second-order valence-electron chi connectivity index (χ2n) is 3.88. The van der Waals surface area contributed by atoms with E-state index in [-0.39, 0.29) is 0 Å². The van der Waals surface area contributed by atoms with Crippen molar-refractivity contribution >= 4 is 34.3 Å². The fraction of sp³-hybridized carbons (Fsp3) is 0.0769. The first-order valence-corrected chi connectivity index (χ1v) is 7.54. The number of rotatable bonds is 4. The third-order valence-corrected chi connectivity index (χ3v) is 4.47. The van der Waals surface area contributed by atoms with Gasteiger partial charge >= 0.3 is 0 Å². The van der Waals surface area contributed by atoms with Crippen molar-refractivity contribution in [3.8, 4) is 0 Å². The van der Waals surface area contributed by atoms with Gasteiger partial charge < -0.3 is 5.21 Å². The monoisotopic (exact) mass is 289 g/mol. The third-order valence-electron chi connectivity index (χ3n) is 2.66. The number of benzene rings is 1. The lowest BCUT2D eigenvalue weighted by Gasteiger charge is -2.00. The Morgan fingerprint density at radius 3 is 3.00 bits per heavy atom. The van der Waals surface area contributed by atoms with Gasteiger partial charge in [-0.15, -0.1) is 11.3 Å². The molecule has 1 aromatic carbocycles. The van der Waals surface area contributed by atoms with Gasteiger partial charge in [-0.3, -0.25) is 4.40 Å². The summed E-state index contributed by atoms with van der Waals surface area (Å²) in [7, 11) is 0. The van der Waals surface area contributed by atoms with Crippen LogP contribution in [0, 0.1) is 0 Å². The molecular weight excluding hydrogens is 278 g/mol. The number of thiazole rings is 1. The van der Waals surface area contributed by atoms with Gasteiger partial charge in [0.25, 0.3) is 0 Å². The maximum Gasteiger partial charge on any atom is 0.195 e. The molecule has 2 aromatic heterocycles. The highest BCUT2D eigenvalue weighted by molar-refractivity contribution is 7.98. The van der Waals surface area contributed by atoms with Crippen molar-refractivity contribution in [2.45, 2.75) is 10.8 Å². The molecule has 1 N–H and O–H groups in total. The van der Waals surface area contributed by atoms with Crippen LogP contribution in [-0.2, 0) is 5.75 Å². The number of imidazole rings is 1. The van der Waals surface area contributed by atoms with Crippen molar-refractivity contribution in [2.75, 3.05) is 0 Å². The van der Waals surface area contributed by atoms with Crippen LogP contribution in [0.3, 0.4) is 0 Å². The second kappa shape index (κ2) is 5.46. The van der Waals surface area contributed by atoms with E-state index in [2.05, 4.69) is 22.3 Å². The number of nitrogens with zero attached hydrogens (tertiary/aromatic N) is 3. The van der Waals surface area contributed by atoms with Crippen molar-refractivity contribution in [1.82, 2.24) is 9.38 Å². The van der Waals surface area contributed by atoms with E-state index in [4.69, 9.17) is 5.21 Å². The Balaban J connectivity index is 1.88. The second-order valence-corrected chi connectivity index (χ2v) is 5.71. The van der Waals surface area contributed by atoms with Gasteiger partial charge in [-0.2, -0.15) is 0 Å². The lowest BCUT2D eigenvalue weighted by molar-refractivity contribution is 0.321. The molecular formula is C13H11N3OS2. The van der Waals surface area contributed by atoms with Gasteiger partial charge in [0.2, 0.25) is 0 Å². The van der Waals surface area contributed by atoms with E-state index in [0.717, 1.165) is 21.4 Å². The highest BCUT2D eigenvalue weighted by Crippen LogP contribution is 2.27. The molecule has 0 aliphatic carbocycles. The molecule has 0 saturated heterocycles. The van der Waals surface area contributed by atoms with Crippen molar-refractivity contribution in [2.24, 2.45) is 5.16 Å². The molecule has 2 heterocycles. The topological polar surface area (TPSA) is 49.9 Å². The van der Waals surface area contributed by atoms with Crippen LogP contribution in [0.4, 0.5) is 0 Å². The zero-order valence-corrected chi connectivity index (χ0v) is 11.6. The molecule has 0 aliphatic rings. The number of fused-ring (bicyclic) bond motifs is 1. The molecule has 19 heavy (non-hydrogen) atoms. The summed E-state index contributed by atoms with van der Waals surface area (Å²) in [6.07, 6.45) is 3.36. The van der Waals surface area contributed by atoms with Gasteiger partial charge in [0.1, 0.15) is 10.7 Å². The minimum Gasteiger partial charge on any atom is -0.411 e. The van der Waals surface area contributed by atoms with Gasteiger partial charge in [0.15, 0.2) is 4.96 Å². The maximum absolute atomic E-state index is 8.77. The van der Waals surface area contributed by atoms with Crippen molar-refractivity contribution in [3.05, 3.63) is 53.2 Å². The Morgan fingerprint density at radius 1 is 1.37 bits per heavy atom. The van der Waals surface area contributed by atoms with Crippen LogP contribution >= 0.6 is 23.1 Å². The average Bonchev–Trinajstić information content (AvgIpc) is 3.01. The molecule has 0 spiro atoms. The Kier molecular flexibility index (Phi) is 3.52. The largest absolute Gasteiger partial charge is 0.411 e. The van der Waals surface area contributed by atoms with E-state index < -0.39 is 0 Å². The van der Waals surface area contributed by atoms with Crippen LogP contribution in [0.1, 0.15) is 11.3 Å². The fourth-order valence-corrected chi connectivity index (χ4v) is 3.51. The van der Waals surface area contributed by atoms with Crippen molar-refractivity contribution in [3.63, 3.8) is 0 Å². The van der Waals surface area contributed by atoms with E-state index in [1.54, 1.807) is 23.1 Å². The summed E-state index contributed by atoms with van der Waals surface area (Å²) < 4.78 is 1.93. The van der Waals surface area contributed by atoms with Crippen molar-refractivity contribution in [1.29, 1.82) is 0 Å². The first kappa shape index (κ1) is 12.3. The minimum absolute atomic E-state index is 0.819. The number of hydrogen-bond acceptors (Lipinski definition) is 5.